The number of pyridine rings is 1. The van der Waals surface area contributed by atoms with Crippen LogP contribution in [0.25, 0.3) is 10.9 Å². The minimum atomic E-state index is -0.629. The Hall–Kier alpha value is -3.56. The van der Waals surface area contributed by atoms with E-state index in [1.54, 1.807) is 50.2 Å². The van der Waals surface area contributed by atoms with Gasteiger partial charge >= 0.3 is 5.97 Å². The van der Waals surface area contributed by atoms with Gasteiger partial charge in [-0.05, 0) is 37.3 Å². The van der Waals surface area contributed by atoms with Crippen LogP contribution >= 0.6 is 11.6 Å². The first-order chi connectivity index (χ1) is 17.0. The number of aryl methyl sites for hydroxylation is 1. The summed E-state index contributed by atoms with van der Waals surface area (Å²) >= 11 is 4.64. The number of aromatic nitrogens is 1. The summed E-state index contributed by atoms with van der Waals surface area (Å²) in [6.45, 7) is 3.81. The number of hydrogen-bond acceptors (Lipinski definition) is 7. The molecule has 0 saturated carbocycles. The molecule has 10 heteroatoms. The van der Waals surface area contributed by atoms with Gasteiger partial charge in [0, 0.05) is 50.6 Å². The Kier molecular flexibility index (Phi) is 10.3. The topological polar surface area (TPSA) is 116 Å². The van der Waals surface area contributed by atoms with Crippen molar-refractivity contribution in [2.45, 2.75) is 6.92 Å². The maximum absolute atomic E-state index is 13.1. The molecular formula is C26H33ClN4O5. The lowest BCUT2D eigenvalue weighted by atomic mass is 10.1. The molecule has 2 aromatic carbocycles. The summed E-state index contributed by atoms with van der Waals surface area (Å²) < 4.78 is 11.9. The summed E-state index contributed by atoms with van der Waals surface area (Å²) in [6.07, 6.45) is 1.47. The maximum Gasteiger partial charge on any atom is 0.345 e. The van der Waals surface area contributed by atoms with Crippen LogP contribution in [0.5, 0.6) is 5.75 Å². The van der Waals surface area contributed by atoms with Crippen LogP contribution in [0.1, 0.15) is 27.6 Å². The van der Waals surface area contributed by atoms with E-state index in [1.807, 2.05) is 29.2 Å². The highest BCUT2D eigenvalue weighted by molar-refractivity contribution is 6.15. The molecule has 0 bridgehead atoms. The number of piperazine rings is 1. The summed E-state index contributed by atoms with van der Waals surface area (Å²) in [5, 5.41) is 0.803. The van der Waals surface area contributed by atoms with Crippen molar-refractivity contribution in [2.75, 3.05) is 51.2 Å². The molecule has 1 saturated heterocycles. The summed E-state index contributed by atoms with van der Waals surface area (Å²) in [7, 11) is 3.24. The fraction of sp³-hybridized carbons (Fsp3) is 0.346. The van der Waals surface area contributed by atoms with Crippen LogP contribution in [-0.4, -0.2) is 67.6 Å². The SMILES string of the molecule is CCOC(=O)c1c(N2CCN(C(=O)c3ccc(OC)cc3)CC2)c2ccccc2n(C)c1=O.CCl.N. The van der Waals surface area contributed by atoms with Crippen LogP contribution in [0, 0.1) is 0 Å². The van der Waals surface area contributed by atoms with Gasteiger partial charge in [-0.15, -0.1) is 11.6 Å². The molecule has 1 aliphatic heterocycles. The number of alkyl halides is 1. The zero-order valence-electron chi connectivity index (χ0n) is 21.1. The lowest BCUT2D eigenvalue weighted by molar-refractivity contribution is 0.0523. The predicted molar refractivity (Wildman–Crippen MR) is 143 cm³/mol. The Morgan fingerprint density at radius 3 is 2.17 bits per heavy atom. The molecule has 9 nitrogen and oxygen atoms in total. The molecular weight excluding hydrogens is 484 g/mol. The average Bonchev–Trinajstić information content (AvgIpc) is 2.91. The first-order valence-corrected chi connectivity index (χ1v) is 12.1. The van der Waals surface area contributed by atoms with Gasteiger partial charge in [0.15, 0.2) is 0 Å². The van der Waals surface area contributed by atoms with Crippen molar-refractivity contribution < 1.29 is 19.1 Å². The van der Waals surface area contributed by atoms with Gasteiger partial charge in [-0.2, -0.15) is 0 Å². The van der Waals surface area contributed by atoms with E-state index in [0.29, 0.717) is 43.2 Å². The molecule has 1 aliphatic rings. The summed E-state index contributed by atoms with van der Waals surface area (Å²) in [5.41, 5.74) is 1.55. The molecule has 3 aromatic rings. The molecule has 0 atom stereocenters. The van der Waals surface area contributed by atoms with Gasteiger partial charge in [0.25, 0.3) is 11.5 Å². The molecule has 194 valence electrons. The van der Waals surface area contributed by atoms with Crippen molar-refractivity contribution in [3.05, 3.63) is 70.0 Å². The van der Waals surface area contributed by atoms with Crippen LogP contribution in [-0.2, 0) is 11.8 Å². The smallest absolute Gasteiger partial charge is 0.345 e. The number of carbonyl (C=O) groups is 2. The third kappa shape index (κ3) is 5.63. The number of esters is 1. The molecule has 4 rings (SSSR count). The molecule has 0 spiro atoms. The number of nitrogens with zero attached hydrogens (tertiary/aromatic N) is 3. The molecule has 3 N–H and O–H groups in total. The van der Waals surface area contributed by atoms with Crippen molar-refractivity contribution in [3.8, 4) is 5.75 Å². The van der Waals surface area contributed by atoms with Crippen LogP contribution < -0.4 is 21.3 Å². The number of rotatable bonds is 5. The minimum Gasteiger partial charge on any atom is -0.497 e. The highest BCUT2D eigenvalue weighted by atomic mass is 35.5. The second-order valence-electron chi connectivity index (χ2n) is 7.83. The van der Waals surface area contributed by atoms with E-state index >= 15 is 0 Å². The molecule has 0 aliphatic carbocycles. The standard InChI is InChI=1S/C25H27N3O5.CH3Cl.H3N/c1-4-33-25(31)21-22(19-7-5-6-8-20(19)26(2)24(21)30)27-13-15-28(16-14-27)23(29)17-9-11-18(32-3)12-10-17;1-2;/h5-12H,4,13-16H2,1-3H3;1H3;1H3. The van der Waals surface area contributed by atoms with Gasteiger partial charge in [-0.25, -0.2) is 4.79 Å². The average molecular weight is 517 g/mol. The van der Waals surface area contributed by atoms with E-state index in [4.69, 9.17) is 9.47 Å². The zero-order chi connectivity index (χ0) is 25.5. The Morgan fingerprint density at radius 2 is 1.58 bits per heavy atom. The lowest BCUT2D eigenvalue weighted by Gasteiger charge is -2.37. The second kappa shape index (κ2) is 12.9. The predicted octanol–water partition coefficient (Wildman–Crippen LogP) is 3.70. The number of benzene rings is 2. The van der Waals surface area contributed by atoms with Gasteiger partial charge in [-0.3, -0.25) is 9.59 Å². The van der Waals surface area contributed by atoms with Crippen molar-refractivity contribution in [1.29, 1.82) is 0 Å². The highest BCUT2D eigenvalue weighted by Crippen LogP contribution is 2.30. The Labute approximate surface area is 215 Å². The van der Waals surface area contributed by atoms with Gasteiger partial charge in [-0.1, -0.05) is 18.2 Å². The molecule has 0 unspecified atom stereocenters. The summed E-state index contributed by atoms with van der Waals surface area (Å²) in [6, 6.07) is 14.5. The lowest BCUT2D eigenvalue weighted by Crippen LogP contribution is -2.49. The largest absolute Gasteiger partial charge is 0.497 e. The second-order valence-corrected chi connectivity index (χ2v) is 7.83. The third-order valence-electron chi connectivity index (χ3n) is 5.98. The number of carbonyl (C=O) groups excluding carboxylic acids is 2. The number of para-hydroxylation sites is 1. The van der Waals surface area contributed by atoms with E-state index < -0.39 is 5.97 Å². The quantitative estimate of drug-likeness (QED) is 0.406. The van der Waals surface area contributed by atoms with E-state index in [9.17, 15) is 14.4 Å². The van der Waals surface area contributed by atoms with Crippen LogP contribution in [0.2, 0.25) is 0 Å². The summed E-state index contributed by atoms with van der Waals surface area (Å²) in [5.74, 6) is 0.00717. The Balaban J connectivity index is 0.00000148. The molecule has 2 heterocycles. The van der Waals surface area contributed by atoms with Crippen LogP contribution in [0.15, 0.2) is 53.3 Å². The Bertz CT molecular complexity index is 1250. The molecule has 1 aromatic heterocycles. The first-order valence-electron chi connectivity index (χ1n) is 11.3. The van der Waals surface area contributed by atoms with Crippen molar-refractivity contribution in [1.82, 2.24) is 15.6 Å². The molecule has 1 fully saturated rings. The number of halogens is 1. The van der Waals surface area contributed by atoms with Gasteiger partial charge in [0.05, 0.1) is 24.9 Å². The number of methoxy groups -OCH3 is 1. The number of anilines is 1. The fourth-order valence-electron chi connectivity index (χ4n) is 4.24. The molecule has 0 radical (unpaired) electrons. The van der Waals surface area contributed by atoms with Gasteiger partial charge in [0.1, 0.15) is 11.3 Å². The van der Waals surface area contributed by atoms with E-state index in [1.165, 1.54) is 11.0 Å². The Morgan fingerprint density at radius 1 is 0.972 bits per heavy atom. The number of amides is 1. The van der Waals surface area contributed by atoms with Gasteiger partial charge in [0.2, 0.25) is 0 Å². The normalized spacial score (nSPS) is 12.8. The minimum absolute atomic E-state index is 0. The third-order valence-corrected chi connectivity index (χ3v) is 5.98. The first kappa shape index (κ1) is 28.7. The van der Waals surface area contributed by atoms with Crippen molar-refractivity contribution in [3.63, 3.8) is 0 Å². The number of fused-ring (bicyclic) bond motifs is 1. The van der Waals surface area contributed by atoms with E-state index in [2.05, 4.69) is 11.6 Å². The summed E-state index contributed by atoms with van der Waals surface area (Å²) in [4.78, 5) is 42.7. The zero-order valence-corrected chi connectivity index (χ0v) is 21.9. The molecule has 36 heavy (non-hydrogen) atoms. The maximum atomic E-state index is 13.1. The molecule has 1 amide bonds. The van der Waals surface area contributed by atoms with Crippen molar-refractivity contribution >= 4 is 40.1 Å². The van der Waals surface area contributed by atoms with Crippen LogP contribution in [0.4, 0.5) is 5.69 Å². The van der Waals surface area contributed by atoms with Crippen molar-refractivity contribution in [2.24, 2.45) is 7.05 Å². The van der Waals surface area contributed by atoms with E-state index in [-0.39, 0.29) is 29.8 Å². The monoisotopic (exact) mass is 516 g/mol. The van der Waals surface area contributed by atoms with Crippen LogP contribution in [0.3, 0.4) is 0 Å². The highest BCUT2D eigenvalue weighted by Gasteiger charge is 2.29. The number of hydrogen-bond donors (Lipinski definition) is 1. The fourth-order valence-corrected chi connectivity index (χ4v) is 4.24. The number of ether oxygens (including phenoxy) is 2. The van der Waals surface area contributed by atoms with Gasteiger partial charge < -0.3 is 30.0 Å². The van der Waals surface area contributed by atoms with E-state index in [0.717, 1.165) is 10.9 Å².